The Morgan fingerprint density at radius 3 is 0.800 bits per heavy atom. The minimum atomic E-state index is -0.787. The standard InChI is InChI=1S/3C3H6O2S.H2O.Ti/c3*4-3(5)1-2-6;;/h3*6H,1-2H2,(H,4,5);1H2;. The Morgan fingerprint density at radius 2 is 0.800 bits per heavy atom. The van der Waals surface area contributed by atoms with E-state index >= 15 is 0 Å². The Labute approximate surface area is 148 Å². The fraction of sp³-hybridized carbons (Fsp3) is 0.667. The minimum Gasteiger partial charge on any atom is -0.481 e. The van der Waals surface area contributed by atoms with Crippen LogP contribution in [-0.2, 0) is 36.1 Å². The average Bonchev–Trinajstić information content (AvgIpc) is 2.18. The van der Waals surface area contributed by atoms with Crippen LogP contribution in [0.1, 0.15) is 19.3 Å². The van der Waals surface area contributed by atoms with Gasteiger partial charge in [-0.1, -0.05) is 0 Å². The predicted octanol–water partition coefficient (Wildman–Crippen LogP) is 0.346. The summed E-state index contributed by atoms with van der Waals surface area (Å²) in [6.45, 7) is 0. The zero-order chi connectivity index (χ0) is 15.0. The van der Waals surface area contributed by atoms with Crippen LogP contribution in [0.3, 0.4) is 0 Å². The molecule has 0 aromatic heterocycles. The van der Waals surface area contributed by atoms with Crippen LogP contribution in [0.4, 0.5) is 0 Å². The monoisotopic (exact) mass is 384 g/mol. The fourth-order valence-electron chi connectivity index (χ4n) is 0.287. The SMILES string of the molecule is O.O=C(O)CCS.O=C(O)CCS.O=C(O)CCS.[Ti]. The van der Waals surface area contributed by atoms with Crippen molar-refractivity contribution < 1.29 is 56.9 Å². The van der Waals surface area contributed by atoms with Crippen LogP contribution >= 0.6 is 37.9 Å². The van der Waals surface area contributed by atoms with Gasteiger partial charge in [-0.25, -0.2) is 0 Å². The fourth-order valence-corrected chi connectivity index (χ4v) is 0.861. The van der Waals surface area contributed by atoms with E-state index in [0.717, 1.165) is 0 Å². The third-order valence-corrected chi connectivity index (χ3v) is 1.65. The Balaban J connectivity index is -0.0000000536. The van der Waals surface area contributed by atoms with Gasteiger partial charge in [0.1, 0.15) is 0 Å². The Morgan fingerprint density at radius 1 is 0.650 bits per heavy atom. The molecule has 0 spiro atoms. The van der Waals surface area contributed by atoms with E-state index in [-0.39, 0.29) is 46.5 Å². The molecule has 0 fully saturated rings. The molecule has 20 heavy (non-hydrogen) atoms. The Hall–Kier alpha value is 0.134. The normalized spacial score (nSPS) is 7.35. The summed E-state index contributed by atoms with van der Waals surface area (Å²) in [5.41, 5.74) is 0. The van der Waals surface area contributed by atoms with Gasteiger partial charge < -0.3 is 20.8 Å². The summed E-state index contributed by atoms with van der Waals surface area (Å²) in [7, 11) is 0. The summed E-state index contributed by atoms with van der Waals surface area (Å²) in [5.74, 6) is -1.08. The van der Waals surface area contributed by atoms with Crippen LogP contribution < -0.4 is 0 Å². The molecule has 120 valence electrons. The van der Waals surface area contributed by atoms with Crippen LogP contribution in [0.25, 0.3) is 0 Å². The van der Waals surface area contributed by atoms with Crippen LogP contribution in [0.5, 0.6) is 0 Å². The molecule has 0 aliphatic rings. The summed E-state index contributed by atoms with van der Waals surface area (Å²) >= 11 is 11.0. The van der Waals surface area contributed by atoms with Crippen LogP contribution in [0, 0.1) is 0 Å². The molecule has 11 heteroatoms. The first-order chi connectivity index (χ1) is 8.31. The second-order valence-electron chi connectivity index (χ2n) is 2.60. The first-order valence-electron chi connectivity index (χ1n) is 4.79. The number of carboxylic acids is 3. The van der Waals surface area contributed by atoms with Gasteiger partial charge in [-0.2, -0.15) is 37.9 Å². The van der Waals surface area contributed by atoms with E-state index in [9.17, 15) is 14.4 Å². The maximum Gasteiger partial charge on any atom is 0.304 e. The van der Waals surface area contributed by atoms with Gasteiger partial charge in [-0.15, -0.1) is 0 Å². The van der Waals surface area contributed by atoms with E-state index in [1.54, 1.807) is 0 Å². The number of carboxylic acid groups (broad SMARTS) is 3. The number of hydrogen-bond donors (Lipinski definition) is 6. The van der Waals surface area contributed by atoms with Gasteiger partial charge in [0, 0.05) is 39.0 Å². The summed E-state index contributed by atoms with van der Waals surface area (Å²) in [6.07, 6.45) is 0.468. The summed E-state index contributed by atoms with van der Waals surface area (Å²) in [5, 5.41) is 23.6. The average molecular weight is 384 g/mol. The first-order valence-corrected chi connectivity index (χ1v) is 6.69. The van der Waals surface area contributed by atoms with Crippen LogP contribution in [0.2, 0.25) is 0 Å². The molecule has 0 aromatic rings. The van der Waals surface area contributed by atoms with Gasteiger partial charge in [0.25, 0.3) is 0 Å². The van der Waals surface area contributed by atoms with Crippen molar-refractivity contribution in [3.05, 3.63) is 0 Å². The maximum atomic E-state index is 9.55. The third kappa shape index (κ3) is 63.8. The zero-order valence-corrected chi connectivity index (χ0v) is 14.9. The molecule has 0 amide bonds. The first kappa shape index (κ1) is 32.2. The molecule has 0 radical (unpaired) electrons. The molecule has 0 atom stereocenters. The second-order valence-corrected chi connectivity index (χ2v) is 3.94. The van der Waals surface area contributed by atoms with E-state index < -0.39 is 17.9 Å². The van der Waals surface area contributed by atoms with Crippen LogP contribution in [-0.4, -0.2) is 56.0 Å². The Kier molecular flexibility index (Phi) is 44.2. The van der Waals surface area contributed by atoms with Crippen molar-refractivity contribution in [3.8, 4) is 0 Å². The molecule has 0 rings (SSSR count). The van der Waals surface area contributed by atoms with Crippen molar-refractivity contribution in [2.24, 2.45) is 0 Å². The molecular weight excluding hydrogens is 364 g/mol. The quantitative estimate of drug-likeness (QED) is 0.288. The van der Waals surface area contributed by atoms with Crippen LogP contribution in [0.15, 0.2) is 0 Å². The molecule has 7 nitrogen and oxygen atoms in total. The van der Waals surface area contributed by atoms with Crippen molar-refractivity contribution in [2.75, 3.05) is 17.3 Å². The molecule has 0 aliphatic heterocycles. The number of rotatable bonds is 6. The number of thiol groups is 3. The maximum absolute atomic E-state index is 9.55. The van der Waals surface area contributed by atoms with Crippen molar-refractivity contribution >= 4 is 55.8 Å². The number of hydrogen-bond acceptors (Lipinski definition) is 6. The third-order valence-electron chi connectivity index (χ3n) is 0.977. The van der Waals surface area contributed by atoms with Gasteiger partial charge in [-0.05, 0) is 0 Å². The van der Waals surface area contributed by atoms with E-state index in [1.807, 2.05) is 0 Å². The molecule has 5 N–H and O–H groups in total. The molecule has 0 heterocycles. The smallest absolute Gasteiger partial charge is 0.304 e. The van der Waals surface area contributed by atoms with Crippen molar-refractivity contribution in [3.63, 3.8) is 0 Å². The topological polar surface area (TPSA) is 143 Å². The molecule has 0 aromatic carbocycles. The molecule has 0 saturated heterocycles. The van der Waals surface area contributed by atoms with Gasteiger partial charge in [-0.3, -0.25) is 14.4 Å². The molecule has 0 bridgehead atoms. The Bertz CT molecular complexity index is 204. The molecule has 0 saturated carbocycles. The summed E-state index contributed by atoms with van der Waals surface area (Å²) in [4.78, 5) is 28.7. The summed E-state index contributed by atoms with van der Waals surface area (Å²) in [6, 6.07) is 0. The van der Waals surface area contributed by atoms with Gasteiger partial charge >= 0.3 is 17.9 Å². The van der Waals surface area contributed by atoms with Gasteiger partial charge in [0.05, 0.1) is 19.3 Å². The zero-order valence-electron chi connectivity index (χ0n) is 10.7. The van der Waals surface area contributed by atoms with E-state index in [0.29, 0.717) is 17.3 Å². The molecule has 0 aliphatic carbocycles. The minimum absolute atomic E-state index is 0. The van der Waals surface area contributed by atoms with Crippen molar-refractivity contribution in [1.82, 2.24) is 0 Å². The van der Waals surface area contributed by atoms with E-state index in [2.05, 4.69) is 37.9 Å². The predicted molar refractivity (Wildman–Crippen MR) is 81.9 cm³/mol. The van der Waals surface area contributed by atoms with E-state index in [1.165, 1.54) is 0 Å². The van der Waals surface area contributed by atoms with Crippen molar-refractivity contribution in [2.45, 2.75) is 19.3 Å². The molecular formula is C9H20O7S3Ti. The van der Waals surface area contributed by atoms with Crippen molar-refractivity contribution in [1.29, 1.82) is 0 Å². The van der Waals surface area contributed by atoms with Gasteiger partial charge in [0.15, 0.2) is 0 Å². The largest absolute Gasteiger partial charge is 0.481 e. The van der Waals surface area contributed by atoms with E-state index in [4.69, 9.17) is 15.3 Å². The number of aliphatic carboxylic acids is 3. The summed E-state index contributed by atoms with van der Waals surface area (Å²) < 4.78 is 0. The second kappa shape index (κ2) is 27.5. The molecule has 0 unspecified atom stereocenters. The number of carbonyl (C=O) groups is 3. The van der Waals surface area contributed by atoms with Gasteiger partial charge in [0.2, 0.25) is 0 Å².